The third kappa shape index (κ3) is 3.04. The third-order valence-corrected chi connectivity index (χ3v) is 2.57. The Balaban J connectivity index is 1.97. The van der Waals surface area contributed by atoms with Gasteiger partial charge in [-0.15, -0.1) is 0 Å². The fourth-order valence-electron chi connectivity index (χ4n) is 1.64. The molecule has 2 heterocycles. The molecule has 0 unspecified atom stereocenters. The highest BCUT2D eigenvalue weighted by molar-refractivity contribution is 5.98. The Hall–Kier alpha value is -2.43. The first-order valence-corrected chi connectivity index (χ1v) is 5.64. The van der Waals surface area contributed by atoms with E-state index >= 15 is 0 Å². The number of nitrogens with two attached hydrogens (primary N) is 1. The molecule has 5 nitrogen and oxygen atoms in total. The molecule has 3 N–H and O–H groups in total. The molecule has 2 rings (SSSR count). The molecule has 0 spiro atoms. The van der Waals surface area contributed by atoms with Gasteiger partial charge in [0.25, 0.3) is 5.91 Å². The minimum atomic E-state index is -0.477. The summed E-state index contributed by atoms with van der Waals surface area (Å²) in [6.45, 7) is 0.717. The van der Waals surface area contributed by atoms with Crippen molar-refractivity contribution >= 4 is 11.6 Å². The monoisotopic (exact) mass is 242 g/mol. The van der Waals surface area contributed by atoms with Crippen LogP contribution in [0.4, 0.5) is 5.69 Å². The quantitative estimate of drug-likeness (QED) is 0.826. The third-order valence-electron chi connectivity index (χ3n) is 2.57. The number of nitrogens with one attached hydrogen (secondary N) is 1. The molecule has 0 atom stereocenters. The number of carbonyl (C=O) groups is 1. The van der Waals surface area contributed by atoms with Crippen LogP contribution in [0.2, 0.25) is 0 Å². The molecule has 2 aromatic heterocycles. The van der Waals surface area contributed by atoms with Crippen LogP contribution < -0.4 is 11.1 Å². The van der Waals surface area contributed by atoms with Gasteiger partial charge in [-0.05, 0) is 30.2 Å². The fraction of sp³-hybridized carbons (Fsp3) is 0.154. The van der Waals surface area contributed by atoms with E-state index < -0.39 is 5.91 Å². The van der Waals surface area contributed by atoms with Crippen LogP contribution >= 0.6 is 0 Å². The Morgan fingerprint density at radius 2 is 1.89 bits per heavy atom. The molecular weight excluding hydrogens is 228 g/mol. The summed E-state index contributed by atoms with van der Waals surface area (Å²) in [5.41, 5.74) is 7.58. The number of carbonyl (C=O) groups excluding carboxylic acids is 1. The van der Waals surface area contributed by atoms with Crippen molar-refractivity contribution in [3.8, 4) is 0 Å². The number of rotatable bonds is 5. The van der Waals surface area contributed by atoms with Crippen molar-refractivity contribution in [3.05, 3.63) is 54.1 Å². The maximum absolute atomic E-state index is 11.2. The Labute approximate surface area is 105 Å². The molecule has 92 valence electrons. The van der Waals surface area contributed by atoms with Crippen molar-refractivity contribution < 1.29 is 4.79 Å². The maximum atomic E-state index is 11.2. The predicted octanol–water partition coefficient (Wildman–Crippen LogP) is 1.23. The van der Waals surface area contributed by atoms with Crippen LogP contribution in [0.3, 0.4) is 0 Å². The molecule has 0 saturated carbocycles. The first-order chi connectivity index (χ1) is 8.77. The summed E-state index contributed by atoms with van der Waals surface area (Å²) in [4.78, 5) is 19.0. The lowest BCUT2D eigenvalue weighted by atomic mass is 10.2. The Morgan fingerprint density at radius 3 is 2.61 bits per heavy atom. The minimum absolute atomic E-state index is 0.409. The normalized spacial score (nSPS) is 10.0. The van der Waals surface area contributed by atoms with Crippen LogP contribution in [0, 0.1) is 0 Å². The SMILES string of the molecule is NC(=O)c1cnccc1NCCc1ccncc1. The van der Waals surface area contributed by atoms with E-state index in [2.05, 4.69) is 15.3 Å². The van der Waals surface area contributed by atoms with Crippen LogP contribution in [0.15, 0.2) is 43.0 Å². The van der Waals surface area contributed by atoms with Gasteiger partial charge in [0.2, 0.25) is 0 Å². The van der Waals surface area contributed by atoms with Gasteiger partial charge in [-0.1, -0.05) is 0 Å². The van der Waals surface area contributed by atoms with Gasteiger partial charge < -0.3 is 11.1 Å². The number of pyridine rings is 2. The molecular formula is C13H14N4O. The van der Waals surface area contributed by atoms with Gasteiger partial charge in [0.1, 0.15) is 0 Å². The molecule has 0 saturated heterocycles. The molecule has 0 aromatic carbocycles. The summed E-state index contributed by atoms with van der Waals surface area (Å²) >= 11 is 0. The Morgan fingerprint density at radius 1 is 1.17 bits per heavy atom. The number of aromatic nitrogens is 2. The van der Waals surface area contributed by atoms with Gasteiger partial charge in [-0.2, -0.15) is 0 Å². The van der Waals surface area contributed by atoms with E-state index in [1.54, 1.807) is 24.7 Å². The number of nitrogens with zero attached hydrogens (tertiary/aromatic N) is 2. The van der Waals surface area contributed by atoms with Crippen LogP contribution in [-0.4, -0.2) is 22.4 Å². The second-order valence-electron chi connectivity index (χ2n) is 3.82. The lowest BCUT2D eigenvalue weighted by Gasteiger charge is -2.09. The number of hydrogen-bond donors (Lipinski definition) is 2. The molecule has 1 amide bonds. The molecule has 0 radical (unpaired) electrons. The average Bonchev–Trinajstić information content (AvgIpc) is 2.40. The van der Waals surface area contributed by atoms with Crippen molar-refractivity contribution in [1.29, 1.82) is 0 Å². The van der Waals surface area contributed by atoms with Crippen LogP contribution in [-0.2, 0) is 6.42 Å². The topological polar surface area (TPSA) is 80.9 Å². The van der Waals surface area contributed by atoms with Crippen molar-refractivity contribution in [2.24, 2.45) is 5.73 Å². The average molecular weight is 242 g/mol. The van der Waals surface area contributed by atoms with E-state index in [0.717, 1.165) is 6.42 Å². The van der Waals surface area contributed by atoms with Gasteiger partial charge in [-0.3, -0.25) is 14.8 Å². The second-order valence-corrected chi connectivity index (χ2v) is 3.82. The van der Waals surface area contributed by atoms with E-state index in [0.29, 0.717) is 17.8 Å². The number of hydrogen-bond acceptors (Lipinski definition) is 4. The summed E-state index contributed by atoms with van der Waals surface area (Å²) in [6, 6.07) is 5.67. The molecule has 2 aromatic rings. The summed E-state index contributed by atoms with van der Waals surface area (Å²) in [5, 5.41) is 3.18. The van der Waals surface area contributed by atoms with Gasteiger partial charge in [0, 0.05) is 31.3 Å². The van der Waals surface area contributed by atoms with Gasteiger partial charge >= 0.3 is 0 Å². The first kappa shape index (κ1) is 12.0. The zero-order valence-electron chi connectivity index (χ0n) is 9.84. The highest BCUT2D eigenvalue weighted by Crippen LogP contribution is 2.12. The minimum Gasteiger partial charge on any atom is -0.384 e. The van der Waals surface area contributed by atoms with E-state index in [9.17, 15) is 4.79 Å². The Bertz CT molecular complexity index is 528. The molecule has 0 fully saturated rings. The van der Waals surface area contributed by atoms with E-state index in [4.69, 9.17) is 5.73 Å². The maximum Gasteiger partial charge on any atom is 0.252 e. The lowest BCUT2D eigenvalue weighted by molar-refractivity contribution is 0.100. The smallest absolute Gasteiger partial charge is 0.252 e. The zero-order chi connectivity index (χ0) is 12.8. The largest absolute Gasteiger partial charge is 0.384 e. The highest BCUT2D eigenvalue weighted by Gasteiger charge is 2.06. The van der Waals surface area contributed by atoms with Crippen molar-refractivity contribution in [1.82, 2.24) is 9.97 Å². The standard InChI is InChI=1S/C13H14N4O/c14-13(18)11-9-16-7-4-12(11)17-8-3-10-1-5-15-6-2-10/h1-2,4-7,9H,3,8H2,(H2,14,18)(H,16,17). The number of anilines is 1. The van der Waals surface area contributed by atoms with Crippen molar-refractivity contribution in [2.45, 2.75) is 6.42 Å². The van der Waals surface area contributed by atoms with E-state index in [1.807, 2.05) is 12.1 Å². The van der Waals surface area contributed by atoms with Crippen molar-refractivity contribution in [3.63, 3.8) is 0 Å². The van der Waals surface area contributed by atoms with E-state index in [1.165, 1.54) is 11.8 Å². The van der Waals surface area contributed by atoms with Crippen LogP contribution in [0.25, 0.3) is 0 Å². The van der Waals surface area contributed by atoms with Crippen molar-refractivity contribution in [2.75, 3.05) is 11.9 Å². The molecule has 18 heavy (non-hydrogen) atoms. The van der Waals surface area contributed by atoms with Crippen LogP contribution in [0.1, 0.15) is 15.9 Å². The summed E-state index contributed by atoms with van der Waals surface area (Å²) in [7, 11) is 0. The molecule has 0 aliphatic heterocycles. The summed E-state index contributed by atoms with van der Waals surface area (Å²) < 4.78 is 0. The zero-order valence-corrected chi connectivity index (χ0v) is 9.84. The van der Waals surface area contributed by atoms with Crippen LogP contribution in [0.5, 0.6) is 0 Å². The number of amides is 1. The predicted molar refractivity (Wildman–Crippen MR) is 69.2 cm³/mol. The van der Waals surface area contributed by atoms with Gasteiger partial charge in [0.05, 0.1) is 11.3 Å². The lowest BCUT2D eigenvalue weighted by Crippen LogP contribution is -2.15. The first-order valence-electron chi connectivity index (χ1n) is 5.64. The molecule has 0 aliphatic carbocycles. The summed E-state index contributed by atoms with van der Waals surface area (Å²) in [5.74, 6) is -0.477. The molecule has 0 aliphatic rings. The van der Waals surface area contributed by atoms with Gasteiger partial charge in [-0.25, -0.2) is 0 Å². The Kier molecular flexibility index (Phi) is 3.86. The summed E-state index contributed by atoms with van der Waals surface area (Å²) in [6.07, 6.45) is 7.47. The highest BCUT2D eigenvalue weighted by atomic mass is 16.1. The molecule has 0 bridgehead atoms. The van der Waals surface area contributed by atoms with Gasteiger partial charge in [0.15, 0.2) is 0 Å². The fourth-order valence-corrected chi connectivity index (χ4v) is 1.64. The molecule has 5 heteroatoms. The number of primary amides is 1. The second kappa shape index (κ2) is 5.77. The van der Waals surface area contributed by atoms with E-state index in [-0.39, 0.29) is 0 Å².